The van der Waals surface area contributed by atoms with Crippen LogP contribution in [-0.2, 0) is 11.2 Å². The summed E-state index contributed by atoms with van der Waals surface area (Å²) in [6.45, 7) is 5.01. The first-order valence-electron chi connectivity index (χ1n) is 9.30. The number of aromatic nitrogens is 3. The van der Waals surface area contributed by atoms with E-state index < -0.39 is 0 Å². The number of hydrogen-bond donors (Lipinski definition) is 1. The van der Waals surface area contributed by atoms with E-state index in [9.17, 15) is 4.79 Å². The van der Waals surface area contributed by atoms with E-state index >= 15 is 0 Å². The van der Waals surface area contributed by atoms with Gasteiger partial charge in [0.1, 0.15) is 5.82 Å². The number of nitrogens with zero attached hydrogens (tertiary/aromatic N) is 4. The van der Waals surface area contributed by atoms with Crippen molar-refractivity contribution in [3.8, 4) is 5.88 Å². The van der Waals surface area contributed by atoms with E-state index in [-0.39, 0.29) is 5.91 Å². The number of hydrogen-bond acceptors (Lipinski definition) is 7. The van der Waals surface area contributed by atoms with Crippen LogP contribution < -0.4 is 15.4 Å². The number of pyridine rings is 2. The lowest BCUT2D eigenvalue weighted by Gasteiger charge is -2.29. The average Bonchev–Trinajstić information content (AvgIpc) is 3.07. The molecule has 0 saturated carbocycles. The number of fused-ring (bicyclic) bond motifs is 1. The maximum Gasteiger partial charge on any atom is 0.227 e. The van der Waals surface area contributed by atoms with Crippen LogP contribution in [0.4, 0.5) is 11.5 Å². The lowest BCUT2D eigenvalue weighted by atomic mass is 10.2. The van der Waals surface area contributed by atoms with Gasteiger partial charge >= 0.3 is 0 Å². The van der Waals surface area contributed by atoms with Crippen LogP contribution in [-0.4, -0.2) is 53.4 Å². The van der Waals surface area contributed by atoms with Crippen LogP contribution in [0.3, 0.4) is 0 Å². The molecule has 3 aromatic heterocycles. The van der Waals surface area contributed by atoms with Crippen LogP contribution in [0.1, 0.15) is 17.3 Å². The van der Waals surface area contributed by atoms with Gasteiger partial charge in [0.05, 0.1) is 25.3 Å². The fraction of sp³-hybridized carbons (Fsp3) is 0.350. The fourth-order valence-electron chi connectivity index (χ4n) is 3.45. The molecule has 1 aliphatic heterocycles. The summed E-state index contributed by atoms with van der Waals surface area (Å²) in [5, 5.41) is 0.954. The standard InChI is InChI=1S/C20H23N5O3/c1-14(26)25-13-15(17-12-22-4-2-18(17)25)3-7-28-20-11-16(10-19(21)23-20)24-5-8-27-9-6-24/h2,4,10-13H,3,5-9H2,1H3,(H2,21,23). The van der Waals surface area contributed by atoms with Gasteiger partial charge in [-0.25, -0.2) is 0 Å². The summed E-state index contributed by atoms with van der Waals surface area (Å²) >= 11 is 0. The highest BCUT2D eigenvalue weighted by Crippen LogP contribution is 2.24. The van der Waals surface area contributed by atoms with Gasteiger partial charge in [-0.15, -0.1) is 0 Å². The van der Waals surface area contributed by atoms with Crippen molar-refractivity contribution < 1.29 is 14.3 Å². The molecule has 0 aliphatic carbocycles. The molecule has 1 saturated heterocycles. The number of nitrogens with two attached hydrogens (primary N) is 1. The maximum atomic E-state index is 11.9. The Morgan fingerprint density at radius 3 is 2.93 bits per heavy atom. The molecule has 1 fully saturated rings. The fourth-order valence-corrected chi connectivity index (χ4v) is 3.45. The van der Waals surface area contributed by atoms with Crippen molar-refractivity contribution in [3.63, 3.8) is 0 Å². The third-order valence-electron chi connectivity index (χ3n) is 4.83. The van der Waals surface area contributed by atoms with Gasteiger partial charge in [-0.3, -0.25) is 14.3 Å². The minimum Gasteiger partial charge on any atom is -0.477 e. The van der Waals surface area contributed by atoms with Gasteiger partial charge in [-0.1, -0.05) is 0 Å². The van der Waals surface area contributed by atoms with Crippen LogP contribution in [0.15, 0.2) is 36.8 Å². The second-order valence-electron chi connectivity index (χ2n) is 6.72. The predicted octanol–water partition coefficient (Wildman–Crippen LogP) is 2.13. The number of morpholine rings is 1. The zero-order valence-corrected chi connectivity index (χ0v) is 15.8. The normalized spacial score (nSPS) is 14.4. The summed E-state index contributed by atoms with van der Waals surface area (Å²) in [5.74, 6) is 0.891. The molecular weight excluding hydrogens is 358 g/mol. The van der Waals surface area contributed by atoms with Gasteiger partial charge < -0.3 is 20.1 Å². The van der Waals surface area contributed by atoms with Crippen molar-refractivity contribution in [3.05, 3.63) is 42.4 Å². The Balaban J connectivity index is 1.48. The molecule has 4 rings (SSSR count). The van der Waals surface area contributed by atoms with Crippen molar-refractivity contribution >= 4 is 28.3 Å². The molecule has 0 unspecified atom stereocenters. The smallest absolute Gasteiger partial charge is 0.227 e. The van der Waals surface area contributed by atoms with Crippen molar-refractivity contribution in [2.45, 2.75) is 13.3 Å². The van der Waals surface area contributed by atoms with Gasteiger partial charge in [-0.05, 0) is 11.6 Å². The number of rotatable bonds is 5. The molecule has 0 bridgehead atoms. The Morgan fingerprint density at radius 2 is 2.14 bits per heavy atom. The number of carbonyl (C=O) groups is 1. The van der Waals surface area contributed by atoms with Gasteiger partial charge in [0.25, 0.3) is 0 Å². The van der Waals surface area contributed by atoms with Gasteiger partial charge in [-0.2, -0.15) is 4.98 Å². The van der Waals surface area contributed by atoms with Crippen molar-refractivity contribution in [1.82, 2.24) is 14.5 Å². The zero-order chi connectivity index (χ0) is 19.5. The van der Waals surface area contributed by atoms with Crippen LogP contribution >= 0.6 is 0 Å². The van der Waals surface area contributed by atoms with Crippen molar-refractivity contribution in [1.29, 1.82) is 0 Å². The van der Waals surface area contributed by atoms with Crippen molar-refractivity contribution in [2.24, 2.45) is 0 Å². The van der Waals surface area contributed by atoms with Crippen LogP contribution in [0.2, 0.25) is 0 Å². The summed E-state index contributed by atoms with van der Waals surface area (Å²) in [7, 11) is 0. The van der Waals surface area contributed by atoms with Crippen LogP contribution in [0.5, 0.6) is 5.88 Å². The molecule has 0 radical (unpaired) electrons. The maximum absolute atomic E-state index is 11.9. The Labute approximate surface area is 162 Å². The van der Waals surface area contributed by atoms with E-state index in [1.807, 2.05) is 24.4 Å². The van der Waals surface area contributed by atoms with Crippen LogP contribution in [0.25, 0.3) is 10.9 Å². The summed E-state index contributed by atoms with van der Waals surface area (Å²) in [6, 6.07) is 5.60. The lowest BCUT2D eigenvalue weighted by Crippen LogP contribution is -2.36. The highest BCUT2D eigenvalue weighted by Gasteiger charge is 2.14. The molecule has 0 amide bonds. The van der Waals surface area contributed by atoms with E-state index in [0.717, 1.165) is 35.2 Å². The van der Waals surface area contributed by atoms with Gasteiger partial charge in [0.15, 0.2) is 0 Å². The minimum atomic E-state index is -0.0315. The minimum absolute atomic E-state index is 0.0315. The Morgan fingerprint density at radius 1 is 1.32 bits per heavy atom. The SMILES string of the molecule is CC(=O)n1cc(CCOc2cc(N3CCOCC3)cc(N)n2)c2cnccc21. The Bertz CT molecular complexity index is 995. The number of carbonyl (C=O) groups excluding carboxylic acids is 1. The largest absolute Gasteiger partial charge is 0.477 e. The van der Waals surface area contributed by atoms with Gasteiger partial charge in [0.2, 0.25) is 11.8 Å². The molecule has 146 valence electrons. The molecular formula is C20H23N5O3. The summed E-state index contributed by atoms with van der Waals surface area (Å²) in [6.07, 6.45) is 5.95. The quantitative estimate of drug-likeness (QED) is 0.723. The van der Waals surface area contributed by atoms with E-state index in [1.165, 1.54) is 0 Å². The number of anilines is 2. The molecule has 0 aromatic carbocycles. The second kappa shape index (κ2) is 7.85. The monoisotopic (exact) mass is 381 g/mol. The van der Waals surface area contributed by atoms with Crippen molar-refractivity contribution in [2.75, 3.05) is 43.5 Å². The molecule has 2 N–H and O–H groups in total. The second-order valence-corrected chi connectivity index (χ2v) is 6.72. The molecule has 4 heterocycles. The lowest BCUT2D eigenvalue weighted by molar-refractivity contribution is 0.0941. The molecule has 8 heteroatoms. The third-order valence-corrected chi connectivity index (χ3v) is 4.83. The number of nitrogen functional groups attached to an aromatic ring is 1. The topological polar surface area (TPSA) is 95.5 Å². The summed E-state index contributed by atoms with van der Waals surface area (Å²) < 4.78 is 12.9. The highest BCUT2D eigenvalue weighted by atomic mass is 16.5. The molecule has 1 aliphatic rings. The molecule has 0 atom stereocenters. The zero-order valence-electron chi connectivity index (χ0n) is 15.8. The molecule has 28 heavy (non-hydrogen) atoms. The Kier molecular flexibility index (Phi) is 5.12. The first kappa shape index (κ1) is 18.2. The van der Waals surface area contributed by atoms with E-state index in [4.69, 9.17) is 15.2 Å². The molecule has 0 spiro atoms. The first-order chi connectivity index (χ1) is 13.6. The van der Waals surface area contributed by atoms with Gasteiger partial charge in [0, 0.05) is 68.2 Å². The average molecular weight is 381 g/mol. The highest BCUT2D eigenvalue weighted by molar-refractivity contribution is 5.93. The molecule has 3 aromatic rings. The van der Waals surface area contributed by atoms with E-state index in [2.05, 4.69) is 14.9 Å². The van der Waals surface area contributed by atoms with E-state index in [0.29, 0.717) is 37.9 Å². The summed E-state index contributed by atoms with van der Waals surface area (Å²) in [4.78, 5) is 22.5. The Hall–Kier alpha value is -3.13. The number of ether oxygens (including phenoxy) is 2. The molecule has 8 nitrogen and oxygen atoms in total. The first-order valence-corrected chi connectivity index (χ1v) is 9.30. The van der Waals surface area contributed by atoms with E-state index in [1.54, 1.807) is 23.9 Å². The third kappa shape index (κ3) is 3.77. The summed E-state index contributed by atoms with van der Waals surface area (Å²) in [5.41, 5.74) is 8.82. The van der Waals surface area contributed by atoms with Crippen LogP contribution in [0, 0.1) is 0 Å². The predicted molar refractivity (Wildman–Crippen MR) is 107 cm³/mol.